The molecule has 1 atom stereocenters. The molecule has 3 N–H and O–H groups in total. The molecule has 4 nitrogen and oxygen atoms in total. The van der Waals surface area contributed by atoms with Crippen molar-refractivity contribution in [2.75, 3.05) is 11.1 Å². The molecule has 0 saturated heterocycles. The van der Waals surface area contributed by atoms with Crippen molar-refractivity contribution in [3.8, 4) is 5.75 Å². The Bertz CT molecular complexity index is 401. The third-order valence-electron chi connectivity index (χ3n) is 2.20. The van der Waals surface area contributed by atoms with E-state index in [1.165, 1.54) is 0 Å². The molecule has 1 heterocycles. The van der Waals surface area contributed by atoms with E-state index in [0.717, 1.165) is 5.56 Å². The van der Waals surface area contributed by atoms with E-state index in [1.54, 1.807) is 13.0 Å². The fourth-order valence-electron chi connectivity index (χ4n) is 1.48. The third kappa shape index (κ3) is 1.28. The van der Waals surface area contributed by atoms with Gasteiger partial charge in [-0.3, -0.25) is 4.79 Å². The van der Waals surface area contributed by atoms with Gasteiger partial charge in [-0.2, -0.15) is 0 Å². The van der Waals surface area contributed by atoms with E-state index in [9.17, 15) is 4.79 Å². The molecule has 1 unspecified atom stereocenters. The van der Waals surface area contributed by atoms with Crippen LogP contribution in [0.15, 0.2) is 12.1 Å². The summed E-state index contributed by atoms with van der Waals surface area (Å²) >= 11 is 0. The van der Waals surface area contributed by atoms with Crippen LogP contribution in [0, 0.1) is 6.92 Å². The molecule has 1 amide bonds. The zero-order valence-corrected chi connectivity index (χ0v) is 8.13. The Morgan fingerprint density at radius 3 is 2.93 bits per heavy atom. The second-order valence-corrected chi connectivity index (χ2v) is 3.48. The fraction of sp³-hybridized carbons (Fsp3) is 0.300. The highest BCUT2D eigenvalue weighted by molar-refractivity contribution is 6.00. The van der Waals surface area contributed by atoms with Crippen LogP contribution in [-0.4, -0.2) is 12.0 Å². The van der Waals surface area contributed by atoms with Crippen LogP contribution >= 0.6 is 0 Å². The first-order valence-electron chi connectivity index (χ1n) is 4.45. The van der Waals surface area contributed by atoms with Crippen molar-refractivity contribution in [3.05, 3.63) is 17.7 Å². The number of hydrogen-bond acceptors (Lipinski definition) is 3. The Morgan fingerprint density at radius 1 is 1.50 bits per heavy atom. The van der Waals surface area contributed by atoms with Crippen molar-refractivity contribution < 1.29 is 9.53 Å². The summed E-state index contributed by atoms with van der Waals surface area (Å²) in [6.07, 6.45) is -0.455. The summed E-state index contributed by atoms with van der Waals surface area (Å²) in [4.78, 5) is 11.3. The molecule has 0 radical (unpaired) electrons. The summed E-state index contributed by atoms with van der Waals surface area (Å²) in [5, 5.41) is 2.72. The van der Waals surface area contributed by atoms with Gasteiger partial charge in [-0.1, -0.05) is 0 Å². The lowest BCUT2D eigenvalue weighted by molar-refractivity contribution is -0.122. The molecule has 1 aliphatic heterocycles. The number of carbonyl (C=O) groups is 1. The van der Waals surface area contributed by atoms with Gasteiger partial charge in [0.15, 0.2) is 6.10 Å². The number of nitrogen functional groups attached to an aromatic ring is 1. The number of fused-ring (bicyclic) bond motifs is 1. The number of nitrogens with two attached hydrogens (primary N) is 1. The molecule has 74 valence electrons. The highest BCUT2D eigenvalue weighted by Crippen LogP contribution is 2.35. The number of ether oxygens (including phenoxy) is 1. The second kappa shape index (κ2) is 2.90. The topological polar surface area (TPSA) is 64.3 Å². The monoisotopic (exact) mass is 192 g/mol. The lowest BCUT2D eigenvalue weighted by atomic mass is 10.1. The molecule has 0 spiro atoms. The predicted octanol–water partition coefficient (Wildman–Crippen LogP) is 1.30. The zero-order valence-electron chi connectivity index (χ0n) is 8.13. The van der Waals surface area contributed by atoms with Crippen molar-refractivity contribution in [2.45, 2.75) is 20.0 Å². The molecule has 0 aliphatic carbocycles. The molecule has 0 bridgehead atoms. The molecule has 2 rings (SSSR count). The summed E-state index contributed by atoms with van der Waals surface area (Å²) in [6.45, 7) is 3.64. The van der Waals surface area contributed by atoms with E-state index in [4.69, 9.17) is 10.5 Å². The predicted molar refractivity (Wildman–Crippen MR) is 54.3 cm³/mol. The maximum Gasteiger partial charge on any atom is 0.265 e. The molecule has 4 heteroatoms. The van der Waals surface area contributed by atoms with Crippen LogP contribution in [0.4, 0.5) is 11.4 Å². The minimum Gasteiger partial charge on any atom is -0.479 e. The molecule has 0 fully saturated rings. The Balaban J connectivity index is 2.51. The first-order valence-corrected chi connectivity index (χ1v) is 4.45. The number of benzene rings is 1. The first-order chi connectivity index (χ1) is 6.58. The summed E-state index contributed by atoms with van der Waals surface area (Å²) in [6, 6.07) is 3.67. The maximum atomic E-state index is 11.3. The molecule has 14 heavy (non-hydrogen) atoms. The van der Waals surface area contributed by atoms with Gasteiger partial charge < -0.3 is 15.8 Å². The van der Waals surface area contributed by atoms with Crippen LogP contribution in [0.1, 0.15) is 12.5 Å². The number of amides is 1. The molecular weight excluding hydrogens is 180 g/mol. The van der Waals surface area contributed by atoms with E-state index in [1.807, 2.05) is 13.0 Å². The average molecular weight is 192 g/mol. The van der Waals surface area contributed by atoms with Crippen LogP contribution in [-0.2, 0) is 4.79 Å². The van der Waals surface area contributed by atoms with E-state index < -0.39 is 6.10 Å². The van der Waals surface area contributed by atoms with E-state index in [2.05, 4.69) is 5.32 Å². The standard InChI is InChI=1S/C10H12N2O2/c1-5-3-7(11)9-8(4-5)14-6(2)10(13)12-9/h3-4,6H,11H2,1-2H3,(H,12,13). The number of aryl methyl sites for hydroxylation is 1. The smallest absolute Gasteiger partial charge is 0.265 e. The number of hydrogen-bond donors (Lipinski definition) is 2. The van der Waals surface area contributed by atoms with Crippen LogP contribution in [0.2, 0.25) is 0 Å². The van der Waals surface area contributed by atoms with Gasteiger partial charge >= 0.3 is 0 Å². The Kier molecular flexibility index (Phi) is 1.84. The van der Waals surface area contributed by atoms with Crippen LogP contribution in [0.5, 0.6) is 5.75 Å². The molecule has 1 aliphatic rings. The minimum atomic E-state index is -0.455. The van der Waals surface area contributed by atoms with E-state index >= 15 is 0 Å². The van der Waals surface area contributed by atoms with Crippen molar-refractivity contribution in [2.24, 2.45) is 0 Å². The number of nitrogens with one attached hydrogen (secondary N) is 1. The lowest BCUT2D eigenvalue weighted by Gasteiger charge is -2.24. The third-order valence-corrected chi connectivity index (χ3v) is 2.20. The highest BCUT2D eigenvalue weighted by Gasteiger charge is 2.24. The van der Waals surface area contributed by atoms with Gasteiger partial charge in [-0.15, -0.1) is 0 Å². The van der Waals surface area contributed by atoms with Gasteiger partial charge in [0.25, 0.3) is 5.91 Å². The first kappa shape index (κ1) is 8.87. The Hall–Kier alpha value is -1.71. The lowest BCUT2D eigenvalue weighted by Crippen LogP contribution is -2.34. The van der Waals surface area contributed by atoms with Crippen molar-refractivity contribution in [1.82, 2.24) is 0 Å². The van der Waals surface area contributed by atoms with Gasteiger partial charge in [0.05, 0.1) is 5.69 Å². The maximum absolute atomic E-state index is 11.3. The van der Waals surface area contributed by atoms with Gasteiger partial charge in [0, 0.05) is 0 Å². The molecular formula is C10H12N2O2. The second-order valence-electron chi connectivity index (χ2n) is 3.48. The zero-order chi connectivity index (χ0) is 10.3. The number of rotatable bonds is 0. The number of anilines is 2. The van der Waals surface area contributed by atoms with Gasteiger partial charge in [-0.05, 0) is 31.5 Å². The van der Waals surface area contributed by atoms with Gasteiger partial charge in [0.2, 0.25) is 0 Å². The quantitative estimate of drug-likeness (QED) is 0.609. The Labute approximate surface area is 82.1 Å². The molecule has 1 aromatic rings. The van der Waals surface area contributed by atoms with Crippen molar-refractivity contribution in [1.29, 1.82) is 0 Å². The number of carbonyl (C=O) groups excluding carboxylic acids is 1. The average Bonchev–Trinajstić information content (AvgIpc) is 2.08. The van der Waals surface area contributed by atoms with Crippen LogP contribution < -0.4 is 15.8 Å². The van der Waals surface area contributed by atoms with E-state index in [0.29, 0.717) is 17.1 Å². The summed E-state index contributed by atoms with van der Waals surface area (Å²) < 4.78 is 5.41. The van der Waals surface area contributed by atoms with Crippen molar-refractivity contribution >= 4 is 17.3 Å². The normalized spacial score (nSPS) is 19.6. The van der Waals surface area contributed by atoms with Crippen molar-refractivity contribution in [3.63, 3.8) is 0 Å². The van der Waals surface area contributed by atoms with E-state index in [-0.39, 0.29) is 5.91 Å². The summed E-state index contributed by atoms with van der Waals surface area (Å²) in [5.41, 5.74) is 7.90. The molecule has 1 aromatic carbocycles. The van der Waals surface area contributed by atoms with Crippen LogP contribution in [0.3, 0.4) is 0 Å². The minimum absolute atomic E-state index is 0.159. The Morgan fingerprint density at radius 2 is 2.21 bits per heavy atom. The molecule has 0 aromatic heterocycles. The largest absolute Gasteiger partial charge is 0.479 e. The molecule has 0 saturated carbocycles. The summed E-state index contributed by atoms with van der Waals surface area (Å²) in [5.74, 6) is 0.489. The van der Waals surface area contributed by atoms with Gasteiger partial charge in [0.1, 0.15) is 11.4 Å². The highest BCUT2D eigenvalue weighted by atomic mass is 16.5. The van der Waals surface area contributed by atoms with Gasteiger partial charge in [-0.25, -0.2) is 0 Å². The SMILES string of the molecule is Cc1cc(N)c2c(c1)OC(C)C(=O)N2. The summed E-state index contributed by atoms with van der Waals surface area (Å²) in [7, 11) is 0. The fourth-order valence-corrected chi connectivity index (χ4v) is 1.48. The van der Waals surface area contributed by atoms with Crippen LogP contribution in [0.25, 0.3) is 0 Å².